The maximum atomic E-state index is 13.8. The lowest BCUT2D eigenvalue weighted by atomic mass is 9.89. The van der Waals surface area contributed by atoms with Crippen molar-refractivity contribution in [1.82, 2.24) is 9.88 Å². The highest BCUT2D eigenvalue weighted by atomic mass is 35.5. The van der Waals surface area contributed by atoms with E-state index >= 15 is 0 Å². The zero-order valence-electron chi connectivity index (χ0n) is 12.0. The number of pyridine rings is 1. The molecule has 1 aromatic carbocycles. The first-order valence-corrected chi connectivity index (χ1v) is 7.69. The molecule has 22 heavy (non-hydrogen) atoms. The third-order valence-corrected chi connectivity index (χ3v) is 4.27. The number of hydrogen-bond donors (Lipinski definition) is 0. The molecule has 2 heterocycles. The van der Waals surface area contributed by atoms with E-state index in [2.05, 4.69) is 4.98 Å². The molecule has 0 N–H and O–H groups in total. The van der Waals surface area contributed by atoms with Crippen molar-refractivity contribution in [1.29, 1.82) is 0 Å². The second kappa shape index (κ2) is 6.44. The quantitative estimate of drug-likeness (QED) is 0.787. The summed E-state index contributed by atoms with van der Waals surface area (Å²) in [5, 5.41) is 0.312. The molecule has 3 rings (SSSR count). The van der Waals surface area contributed by atoms with E-state index in [1.165, 1.54) is 6.07 Å². The van der Waals surface area contributed by atoms with Crippen LogP contribution in [0, 0.1) is 5.82 Å². The molecule has 0 bridgehead atoms. The van der Waals surface area contributed by atoms with Crippen molar-refractivity contribution in [2.75, 3.05) is 13.1 Å². The van der Waals surface area contributed by atoms with E-state index in [-0.39, 0.29) is 17.6 Å². The number of carbonyl (C=O) groups is 1. The maximum absolute atomic E-state index is 13.8. The Balaban J connectivity index is 1.67. The maximum Gasteiger partial charge on any atom is 0.272 e. The van der Waals surface area contributed by atoms with Gasteiger partial charge in [-0.25, -0.2) is 9.37 Å². The lowest BCUT2D eigenvalue weighted by Crippen LogP contribution is -2.38. The Morgan fingerprint density at radius 1 is 1.14 bits per heavy atom. The first-order chi connectivity index (χ1) is 10.6. The van der Waals surface area contributed by atoms with E-state index < -0.39 is 0 Å². The van der Waals surface area contributed by atoms with Crippen LogP contribution in [0.1, 0.15) is 34.8 Å². The van der Waals surface area contributed by atoms with Crippen LogP contribution >= 0.6 is 11.6 Å². The summed E-state index contributed by atoms with van der Waals surface area (Å²) in [6.45, 7) is 1.21. The average molecular weight is 319 g/mol. The number of piperidine rings is 1. The normalized spacial score (nSPS) is 15.8. The fraction of sp³-hybridized carbons (Fsp3) is 0.294. The molecule has 0 unspecified atom stereocenters. The van der Waals surface area contributed by atoms with Gasteiger partial charge in [0.05, 0.1) is 0 Å². The van der Waals surface area contributed by atoms with E-state index in [9.17, 15) is 9.18 Å². The molecule has 0 radical (unpaired) electrons. The molecule has 2 aromatic rings. The molecule has 0 atom stereocenters. The number of hydrogen-bond acceptors (Lipinski definition) is 2. The van der Waals surface area contributed by atoms with E-state index in [0.717, 1.165) is 18.4 Å². The summed E-state index contributed by atoms with van der Waals surface area (Å²) in [5.74, 6) is -0.115. The van der Waals surface area contributed by atoms with Crippen LogP contribution in [-0.4, -0.2) is 28.9 Å². The number of halogens is 2. The molecule has 1 amide bonds. The molecule has 0 saturated carbocycles. The van der Waals surface area contributed by atoms with Crippen LogP contribution in [0.25, 0.3) is 0 Å². The third kappa shape index (κ3) is 3.12. The summed E-state index contributed by atoms with van der Waals surface area (Å²) in [7, 11) is 0. The van der Waals surface area contributed by atoms with Crippen LogP contribution in [0.2, 0.25) is 5.15 Å². The number of carbonyl (C=O) groups excluding carboxylic acids is 1. The molecule has 1 saturated heterocycles. The standard InChI is InChI=1S/C17H16ClFN2O/c18-16-7-3-6-15(20-16)17(22)21-10-8-12(9-11-21)13-4-1-2-5-14(13)19/h1-7,12H,8-11H2. The van der Waals surface area contributed by atoms with Crippen molar-refractivity contribution < 1.29 is 9.18 Å². The summed E-state index contributed by atoms with van der Waals surface area (Å²) in [4.78, 5) is 18.2. The van der Waals surface area contributed by atoms with Crippen molar-refractivity contribution >= 4 is 17.5 Å². The second-order valence-electron chi connectivity index (χ2n) is 5.43. The largest absolute Gasteiger partial charge is 0.337 e. The van der Waals surface area contributed by atoms with Crippen LogP contribution in [0.5, 0.6) is 0 Å². The number of likely N-dealkylation sites (tertiary alicyclic amines) is 1. The van der Waals surface area contributed by atoms with Gasteiger partial charge in [-0.15, -0.1) is 0 Å². The minimum atomic E-state index is -0.163. The molecule has 114 valence electrons. The first kappa shape index (κ1) is 15.0. The summed E-state index contributed by atoms with van der Waals surface area (Å²) >= 11 is 5.82. The van der Waals surface area contributed by atoms with Crippen LogP contribution in [-0.2, 0) is 0 Å². The molecule has 1 fully saturated rings. The van der Waals surface area contributed by atoms with E-state index in [0.29, 0.717) is 23.9 Å². The lowest BCUT2D eigenvalue weighted by molar-refractivity contribution is 0.0706. The van der Waals surface area contributed by atoms with E-state index in [4.69, 9.17) is 11.6 Å². The van der Waals surface area contributed by atoms with Gasteiger partial charge in [-0.2, -0.15) is 0 Å². The van der Waals surface area contributed by atoms with Gasteiger partial charge in [0, 0.05) is 13.1 Å². The Hall–Kier alpha value is -1.94. The van der Waals surface area contributed by atoms with E-state index in [1.807, 2.05) is 12.1 Å². The zero-order valence-corrected chi connectivity index (χ0v) is 12.8. The van der Waals surface area contributed by atoms with Crippen molar-refractivity contribution in [2.24, 2.45) is 0 Å². The molecule has 1 aromatic heterocycles. The van der Waals surface area contributed by atoms with Gasteiger partial charge in [0.1, 0.15) is 16.7 Å². The second-order valence-corrected chi connectivity index (χ2v) is 5.82. The molecule has 5 heteroatoms. The van der Waals surface area contributed by atoms with Crippen LogP contribution in [0.15, 0.2) is 42.5 Å². The molecular weight excluding hydrogens is 303 g/mol. The SMILES string of the molecule is O=C(c1cccc(Cl)n1)N1CCC(c2ccccc2F)CC1. The smallest absolute Gasteiger partial charge is 0.272 e. The van der Waals surface area contributed by atoms with Gasteiger partial charge in [-0.3, -0.25) is 4.79 Å². The average Bonchev–Trinajstić information content (AvgIpc) is 2.55. The van der Waals surface area contributed by atoms with Gasteiger partial charge in [-0.1, -0.05) is 35.9 Å². The minimum absolute atomic E-state index is 0.116. The molecular formula is C17H16ClFN2O. The van der Waals surface area contributed by atoms with Crippen molar-refractivity contribution in [2.45, 2.75) is 18.8 Å². The number of rotatable bonds is 2. The summed E-state index contributed by atoms with van der Waals surface area (Å²) < 4.78 is 13.8. The molecule has 0 spiro atoms. The fourth-order valence-electron chi connectivity index (χ4n) is 2.89. The predicted molar refractivity (Wildman–Crippen MR) is 83.5 cm³/mol. The first-order valence-electron chi connectivity index (χ1n) is 7.31. The molecule has 1 aliphatic rings. The predicted octanol–water partition coefficient (Wildman–Crippen LogP) is 3.89. The van der Waals surface area contributed by atoms with Gasteiger partial charge in [0.15, 0.2) is 0 Å². The Labute approximate surface area is 133 Å². The zero-order chi connectivity index (χ0) is 15.5. The summed E-state index contributed by atoms with van der Waals surface area (Å²) in [6.07, 6.45) is 1.51. The number of amides is 1. The highest BCUT2D eigenvalue weighted by molar-refractivity contribution is 6.29. The Morgan fingerprint density at radius 2 is 1.86 bits per heavy atom. The minimum Gasteiger partial charge on any atom is -0.337 e. The monoisotopic (exact) mass is 318 g/mol. The fourth-order valence-corrected chi connectivity index (χ4v) is 3.05. The summed E-state index contributed by atoms with van der Waals surface area (Å²) in [5.41, 5.74) is 1.10. The number of nitrogens with zero attached hydrogens (tertiary/aromatic N) is 2. The summed E-state index contributed by atoms with van der Waals surface area (Å²) in [6, 6.07) is 11.9. The van der Waals surface area contributed by atoms with Gasteiger partial charge in [-0.05, 0) is 42.5 Å². The van der Waals surface area contributed by atoms with Gasteiger partial charge >= 0.3 is 0 Å². The highest BCUT2D eigenvalue weighted by Gasteiger charge is 2.26. The molecule has 1 aliphatic heterocycles. The van der Waals surface area contributed by atoms with Crippen LogP contribution < -0.4 is 0 Å². The Kier molecular flexibility index (Phi) is 4.39. The van der Waals surface area contributed by atoms with Crippen LogP contribution in [0.4, 0.5) is 4.39 Å². The van der Waals surface area contributed by atoms with Crippen molar-refractivity contribution in [3.63, 3.8) is 0 Å². The van der Waals surface area contributed by atoms with Gasteiger partial charge < -0.3 is 4.90 Å². The van der Waals surface area contributed by atoms with E-state index in [1.54, 1.807) is 29.2 Å². The third-order valence-electron chi connectivity index (χ3n) is 4.06. The van der Waals surface area contributed by atoms with Crippen LogP contribution in [0.3, 0.4) is 0 Å². The highest BCUT2D eigenvalue weighted by Crippen LogP contribution is 2.30. The van der Waals surface area contributed by atoms with Crippen molar-refractivity contribution in [3.05, 3.63) is 64.7 Å². The van der Waals surface area contributed by atoms with Gasteiger partial charge in [0.2, 0.25) is 0 Å². The van der Waals surface area contributed by atoms with Gasteiger partial charge in [0.25, 0.3) is 5.91 Å². The lowest BCUT2D eigenvalue weighted by Gasteiger charge is -2.32. The topological polar surface area (TPSA) is 33.2 Å². The number of benzene rings is 1. The van der Waals surface area contributed by atoms with Crippen molar-refractivity contribution in [3.8, 4) is 0 Å². The molecule has 0 aliphatic carbocycles. The number of aromatic nitrogens is 1. The molecule has 3 nitrogen and oxygen atoms in total. The Bertz CT molecular complexity index is 684. The Morgan fingerprint density at radius 3 is 2.55 bits per heavy atom.